The van der Waals surface area contributed by atoms with E-state index in [1.54, 1.807) is 12.4 Å². The van der Waals surface area contributed by atoms with E-state index in [2.05, 4.69) is 29.1 Å². The number of amides is 1. The zero-order valence-corrected chi connectivity index (χ0v) is 10.5. The summed E-state index contributed by atoms with van der Waals surface area (Å²) < 4.78 is 0. The molecule has 0 aromatic carbocycles. The fraction of sp³-hybridized carbons (Fsp3) is 0.583. The summed E-state index contributed by atoms with van der Waals surface area (Å²) in [6.45, 7) is 7.46. The summed E-state index contributed by atoms with van der Waals surface area (Å²) in [6.07, 6.45) is 3.18. The summed E-state index contributed by atoms with van der Waals surface area (Å²) >= 11 is 0. The molecule has 0 saturated carbocycles. The average molecular weight is 234 g/mol. The summed E-state index contributed by atoms with van der Waals surface area (Å²) in [5.74, 6) is -0.0299. The molecule has 2 heterocycles. The van der Waals surface area contributed by atoms with Crippen molar-refractivity contribution in [1.29, 1.82) is 0 Å². The molecule has 0 aliphatic carbocycles. The molecule has 5 heteroatoms. The standard InChI is InChI=1S/C12H18N4O/c1-8-4-14-11(5-13-8)12(17)16-6-9(2)15-10(3)7-16/h4-5,9-10,15H,6-7H2,1-3H3/t9-,10-/m1/s1. The Balaban J connectivity index is 2.11. The highest BCUT2D eigenvalue weighted by Crippen LogP contribution is 2.08. The average Bonchev–Trinajstić information content (AvgIpc) is 2.28. The molecule has 17 heavy (non-hydrogen) atoms. The molecule has 1 amide bonds. The molecular formula is C12H18N4O. The third-order valence-electron chi connectivity index (χ3n) is 2.84. The van der Waals surface area contributed by atoms with Gasteiger partial charge in [0.2, 0.25) is 0 Å². The molecule has 0 bridgehead atoms. The fourth-order valence-corrected chi connectivity index (χ4v) is 2.16. The van der Waals surface area contributed by atoms with Crippen LogP contribution in [-0.2, 0) is 0 Å². The van der Waals surface area contributed by atoms with E-state index in [0.29, 0.717) is 17.8 Å². The number of carbonyl (C=O) groups is 1. The lowest BCUT2D eigenvalue weighted by Crippen LogP contribution is -2.55. The van der Waals surface area contributed by atoms with Crippen LogP contribution in [0.2, 0.25) is 0 Å². The Morgan fingerprint density at radius 2 is 1.94 bits per heavy atom. The highest BCUT2D eigenvalue weighted by Gasteiger charge is 2.26. The van der Waals surface area contributed by atoms with Crippen LogP contribution in [0.25, 0.3) is 0 Å². The van der Waals surface area contributed by atoms with Gasteiger partial charge in [-0.1, -0.05) is 0 Å². The summed E-state index contributed by atoms with van der Waals surface area (Å²) in [7, 11) is 0. The lowest BCUT2D eigenvalue weighted by molar-refractivity contribution is 0.0667. The minimum atomic E-state index is -0.0299. The molecule has 1 N–H and O–H groups in total. The van der Waals surface area contributed by atoms with Gasteiger partial charge in [0.1, 0.15) is 5.69 Å². The molecule has 2 atom stereocenters. The van der Waals surface area contributed by atoms with Crippen molar-refractivity contribution in [3.05, 3.63) is 23.8 Å². The zero-order chi connectivity index (χ0) is 12.4. The smallest absolute Gasteiger partial charge is 0.274 e. The first-order valence-corrected chi connectivity index (χ1v) is 5.90. The van der Waals surface area contributed by atoms with Crippen molar-refractivity contribution in [2.24, 2.45) is 0 Å². The van der Waals surface area contributed by atoms with Gasteiger partial charge in [0, 0.05) is 31.4 Å². The second-order valence-electron chi connectivity index (χ2n) is 4.72. The predicted molar refractivity (Wildman–Crippen MR) is 64.7 cm³/mol. The first-order valence-electron chi connectivity index (χ1n) is 5.90. The molecule has 0 spiro atoms. The first-order chi connectivity index (χ1) is 8.06. The molecule has 1 aliphatic heterocycles. The molecule has 92 valence electrons. The maximum absolute atomic E-state index is 12.2. The number of nitrogens with zero attached hydrogens (tertiary/aromatic N) is 3. The van der Waals surface area contributed by atoms with Crippen LogP contribution in [0.3, 0.4) is 0 Å². The highest BCUT2D eigenvalue weighted by atomic mass is 16.2. The third kappa shape index (κ3) is 2.79. The Kier molecular flexibility index (Phi) is 3.38. The van der Waals surface area contributed by atoms with Gasteiger partial charge in [-0.3, -0.25) is 9.78 Å². The SMILES string of the molecule is Cc1cnc(C(=O)N2C[C@@H](C)N[C@H](C)C2)cn1. The monoisotopic (exact) mass is 234 g/mol. The Labute approximate surface area is 101 Å². The summed E-state index contributed by atoms with van der Waals surface area (Å²) in [4.78, 5) is 22.3. The predicted octanol–water partition coefficient (Wildman–Crippen LogP) is 0.607. The minimum absolute atomic E-state index is 0.0299. The quantitative estimate of drug-likeness (QED) is 0.773. The van der Waals surface area contributed by atoms with Gasteiger partial charge >= 0.3 is 0 Å². The van der Waals surface area contributed by atoms with Crippen molar-refractivity contribution < 1.29 is 4.79 Å². The van der Waals surface area contributed by atoms with Crippen molar-refractivity contribution in [3.63, 3.8) is 0 Å². The van der Waals surface area contributed by atoms with Crippen molar-refractivity contribution in [2.45, 2.75) is 32.9 Å². The van der Waals surface area contributed by atoms with E-state index in [4.69, 9.17) is 0 Å². The molecule has 1 aromatic rings. The molecule has 1 aliphatic rings. The van der Waals surface area contributed by atoms with Crippen LogP contribution < -0.4 is 5.32 Å². The van der Waals surface area contributed by atoms with Crippen LogP contribution in [0.4, 0.5) is 0 Å². The zero-order valence-electron chi connectivity index (χ0n) is 10.5. The molecule has 1 fully saturated rings. The maximum atomic E-state index is 12.2. The second-order valence-corrected chi connectivity index (χ2v) is 4.72. The van der Waals surface area contributed by atoms with Crippen LogP contribution in [0.1, 0.15) is 30.0 Å². The van der Waals surface area contributed by atoms with Crippen molar-refractivity contribution in [3.8, 4) is 0 Å². The van der Waals surface area contributed by atoms with E-state index < -0.39 is 0 Å². The Hall–Kier alpha value is -1.49. The number of carbonyl (C=O) groups excluding carboxylic acids is 1. The van der Waals surface area contributed by atoms with E-state index in [-0.39, 0.29) is 5.91 Å². The first kappa shape index (κ1) is 12.0. The van der Waals surface area contributed by atoms with Crippen LogP contribution in [-0.4, -0.2) is 45.9 Å². The van der Waals surface area contributed by atoms with Gasteiger partial charge in [-0.2, -0.15) is 0 Å². The highest BCUT2D eigenvalue weighted by molar-refractivity contribution is 5.92. The maximum Gasteiger partial charge on any atom is 0.274 e. The molecule has 1 aromatic heterocycles. The third-order valence-corrected chi connectivity index (χ3v) is 2.84. The number of hydrogen-bond acceptors (Lipinski definition) is 4. The molecule has 0 unspecified atom stereocenters. The van der Waals surface area contributed by atoms with Gasteiger partial charge in [-0.25, -0.2) is 4.98 Å². The molecule has 1 saturated heterocycles. The van der Waals surface area contributed by atoms with E-state index >= 15 is 0 Å². The lowest BCUT2D eigenvalue weighted by atomic mass is 10.1. The Bertz CT molecular complexity index is 393. The van der Waals surface area contributed by atoms with Crippen LogP contribution in [0.5, 0.6) is 0 Å². The van der Waals surface area contributed by atoms with E-state index in [0.717, 1.165) is 18.8 Å². The van der Waals surface area contributed by atoms with Crippen LogP contribution in [0, 0.1) is 6.92 Å². The van der Waals surface area contributed by atoms with Gasteiger partial charge in [-0.15, -0.1) is 0 Å². The topological polar surface area (TPSA) is 58.1 Å². The van der Waals surface area contributed by atoms with Crippen LogP contribution >= 0.6 is 0 Å². The van der Waals surface area contributed by atoms with Gasteiger partial charge < -0.3 is 10.2 Å². The second kappa shape index (κ2) is 4.79. The summed E-state index contributed by atoms with van der Waals surface area (Å²) in [5.41, 5.74) is 1.25. The normalized spacial score (nSPS) is 24.8. The number of hydrogen-bond donors (Lipinski definition) is 1. The van der Waals surface area contributed by atoms with E-state index in [1.807, 2.05) is 11.8 Å². The summed E-state index contributed by atoms with van der Waals surface area (Å²) in [6, 6.07) is 0.641. The fourth-order valence-electron chi connectivity index (χ4n) is 2.16. The number of aromatic nitrogens is 2. The van der Waals surface area contributed by atoms with Crippen molar-refractivity contribution in [2.75, 3.05) is 13.1 Å². The van der Waals surface area contributed by atoms with Gasteiger partial charge in [-0.05, 0) is 20.8 Å². The van der Waals surface area contributed by atoms with E-state index in [1.165, 1.54) is 0 Å². The largest absolute Gasteiger partial charge is 0.334 e. The van der Waals surface area contributed by atoms with Gasteiger partial charge in [0.25, 0.3) is 5.91 Å². The van der Waals surface area contributed by atoms with Gasteiger partial charge in [0.05, 0.1) is 11.9 Å². The van der Waals surface area contributed by atoms with Crippen LogP contribution in [0.15, 0.2) is 12.4 Å². The molecule has 5 nitrogen and oxygen atoms in total. The minimum Gasteiger partial charge on any atom is -0.334 e. The Morgan fingerprint density at radius 3 is 2.47 bits per heavy atom. The van der Waals surface area contributed by atoms with Crippen molar-refractivity contribution >= 4 is 5.91 Å². The number of rotatable bonds is 1. The Morgan fingerprint density at radius 1 is 1.29 bits per heavy atom. The molecule has 2 rings (SSSR count). The summed E-state index contributed by atoms with van der Waals surface area (Å²) in [5, 5.41) is 3.39. The van der Waals surface area contributed by atoms with E-state index in [9.17, 15) is 4.79 Å². The van der Waals surface area contributed by atoms with Gasteiger partial charge in [0.15, 0.2) is 0 Å². The molecule has 0 radical (unpaired) electrons. The number of aryl methyl sites for hydroxylation is 1. The van der Waals surface area contributed by atoms with Crippen molar-refractivity contribution in [1.82, 2.24) is 20.2 Å². The number of nitrogens with one attached hydrogen (secondary N) is 1. The lowest BCUT2D eigenvalue weighted by Gasteiger charge is -2.35. The molecular weight excluding hydrogens is 216 g/mol. The number of piperazine rings is 1.